The summed E-state index contributed by atoms with van der Waals surface area (Å²) in [6.45, 7) is 11.2. The molecule has 0 amide bonds. The van der Waals surface area contributed by atoms with Gasteiger partial charge in [0.1, 0.15) is 5.78 Å². The van der Waals surface area contributed by atoms with E-state index in [1.165, 1.54) is 19.3 Å². The second-order valence-electron chi connectivity index (χ2n) is 13.6. The van der Waals surface area contributed by atoms with Crippen LogP contribution in [-0.4, -0.2) is 42.2 Å². The Labute approximate surface area is 274 Å². The molecule has 0 heterocycles. The minimum absolute atomic E-state index is 0. The minimum Gasteiger partial charge on any atom is -0.748 e. The summed E-state index contributed by atoms with van der Waals surface area (Å²) < 4.78 is 72.2. The molecule has 10 atom stereocenters. The van der Waals surface area contributed by atoms with Gasteiger partial charge in [-0.25, -0.2) is 16.8 Å². The summed E-state index contributed by atoms with van der Waals surface area (Å²) in [4.78, 5) is 13.5. The molecule has 4 saturated carbocycles. The zero-order valence-electron chi connectivity index (χ0n) is 24.4. The first-order valence-corrected chi connectivity index (χ1v) is 16.9. The van der Waals surface area contributed by atoms with Crippen molar-refractivity contribution in [3.63, 3.8) is 0 Å². The zero-order valence-corrected chi connectivity index (χ0v) is 30.1. The van der Waals surface area contributed by atoms with Crippen molar-refractivity contribution < 1.29 is 89.9 Å². The van der Waals surface area contributed by atoms with Gasteiger partial charge in [-0.3, -0.25) is 4.79 Å². The third-order valence-corrected chi connectivity index (χ3v) is 14.0. The third-order valence-electron chi connectivity index (χ3n) is 11.4. The molecule has 0 aromatic heterocycles. The Bertz CT molecular complexity index is 1080. The van der Waals surface area contributed by atoms with Crippen LogP contribution >= 0.6 is 0 Å². The molecular weight excluding hydrogens is 546 g/mol. The summed E-state index contributed by atoms with van der Waals surface area (Å²) >= 11 is 0. The molecular formula is C27H44Na2O7S2. The number of carbonyl (C=O) groups is 1. The molecule has 0 unspecified atom stereocenters. The quantitative estimate of drug-likeness (QED) is 0.267. The Morgan fingerprint density at radius 2 is 1.45 bits per heavy atom. The standard InChI is InChI=1S/C27H46O7S2.2Na/c1-16(2)7-6-8-17(3)19-9-10-20-18-13-23(28)22-14-24(35(29,30)31)25(36(32,33)34)15-27(22,5)21(18)11-12-26(19,20)4;;/h16-22,24-25H,6-15H2,1-5H3,(H,29,30,31)(H,32,33,34);;/q;2*+1/p-2/t17-,18+,19-,20+,21+,22-,24+,25+,26-,27-;;/m1../s1. The molecule has 0 bridgehead atoms. The van der Waals surface area contributed by atoms with Crippen LogP contribution in [0.2, 0.25) is 0 Å². The maximum atomic E-state index is 13.5. The molecule has 4 rings (SSSR count). The van der Waals surface area contributed by atoms with Gasteiger partial charge in [0, 0.05) is 12.3 Å². The summed E-state index contributed by atoms with van der Waals surface area (Å²) in [6.07, 6.45) is 7.58. The van der Waals surface area contributed by atoms with E-state index in [4.69, 9.17) is 0 Å². The van der Waals surface area contributed by atoms with Gasteiger partial charge in [-0.2, -0.15) is 0 Å². The van der Waals surface area contributed by atoms with Crippen LogP contribution in [0.4, 0.5) is 0 Å². The number of rotatable bonds is 7. The predicted octanol–water partition coefficient (Wildman–Crippen LogP) is -1.27. The van der Waals surface area contributed by atoms with Crippen LogP contribution in [0.25, 0.3) is 0 Å². The SMILES string of the molecule is CC(C)CCC[C@@H](C)[C@H]1CC[C@H]2[C@@H]3CC(=O)[C@H]4C[C@H](S(=O)(=O)[O-])[C@@H](S(=O)(=O)[O-])C[C@]4(C)[C@H]3CC[C@]12C.[Na+].[Na+]. The van der Waals surface area contributed by atoms with Crippen LogP contribution in [0.3, 0.4) is 0 Å². The van der Waals surface area contributed by atoms with E-state index in [0.29, 0.717) is 30.1 Å². The first-order valence-electron chi connectivity index (χ1n) is 13.9. The van der Waals surface area contributed by atoms with E-state index in [2.05, 4.69) is 27.7 Å². The van der Waals surface area contributed by atoms with Crippen LogP contribution in [0, 0.1) is 52.3 Å². The van der Waals surface area contributed by atoms with Crippen molar-refractivity contribution in [1.29, 1.82) is 0 Å². The largest absolute Gasteiger partial charge is 1.00 e. The Balaban J connectivity index is 0.00000253. The normalized spacial score (nSPS) is 41.8. The summed E-state index contributed by atoms with van der Waals surface area (Å²) in [6, 6.07) is 0. The molecule has 0 N–H and O–H groups in total. The van der Waals surface area contributed by atoms with Crippen molar-refractivity contribution in [3.8, 4) is 0 Å². The Hall–Kier alpha value is 1.49. The second-order valence-corrected chi connectivity index (χ2v) is 16.8. The fraction of sp³-hybridized carbons (Fsp3) is 0.963. The first kappa shape index (κ1) is 35.7. The number of Topliss-reactive ketones (excluding diaryl/α,β-unsaturated/α-hetero) is 1. The molecule has 38 heavy (non-hydrogen) atoms. The maximum Gasteiger partial charge on any atom is 1.00 e. The number of carbonyl (C=O) groups excluding carboxylic acids is 1. The monoisotopic (exact) mass is 590 g/mol. The van der Waals surface area contributed by atoms with Gasteiger partial charge in [0.15, 0.2) is 0 Å². The molecule has 208 valence electrons. The van der Waals surface area contributed by atoms with E-state index in [9.17, 15) is 30.7 Å². The van der Waals surface area contributed by atoms with Gasteiger partial charge in [0.25, 0.3) is 0 Å². The van der Waals surface area contributed by atoms with Crippen molar-refractivity contribution in [2.24, 2.45) is 52.3 Å². The Morgan fingerprint density at radius 1 is 0.868 bits per heavy atom. The van der Waals surface area contributed by atoms with Crippen molar-refractivity contribution in [2.45, 2.75) is 109 Å². The van der Waals surface area contributed by atoms with E-state index in [-0.39, 0.29) is 95.0 Å². The summed E-state index contributed by atoms with van der Waals surface area (Å²) in [5.41, 5.74) is -0.632. The average molecular weight is 591 g/mol. The van der Waals surface area contributed by atoms with Crippen LogP contribution in [0.15, 0.2) is 0 Å². The Kier molecular flexibility index (Phi) is 11.8. The zero-order chi connectivity index (χ0) is 26.8. The second kappa shape index (κ2) is 12.6. The fourth-order valence-electron chi connectivity index (χ4n) is 9.65. The van der Waals surface area contributed by atoms with Crippen molar-refractivity contribution in [3.05, 3.63) is 0 Å². The van der Waals surface area contributed by atoms with Gasteiger partial charge in [-0.1, -0.05) is 53.9 Å². The number of ketones is 1. The van der Waals surface area contributed by atoms with Crippen LogP contribution < -0.4 is 59.1 Å². The van der Waals surface area contributed by atoms with Gasteiger partial charge in [0.05, 0.1) is 30.7 Å². The molecule has 0 radical (unpaired) electrons. The molecule has 0 aromatic rings. The average Bonchev–Trinajstić information content (AvgIpc) is 3.09. The van der Waals surface area contributed by atoms with Crippen molar-refractivity contribution in [2.75, 3.05) is 0 Å². The van der Waals surface area contributed by atoms with Crippen molar-refractivity contribution in [1.82, 2.24) is 0 Å². The molecule has 7 nitrogen and oxygen atoms in total. The molecule has 4 aliphatic rings. The smallest absolute Gasteiger partial charge is 0.748 e. The fourth-order valence-corrected chi connectivity index (χ4v) is 12.4. The maximum absolute atomic E-state index is 13.5. The van der Waals surface area contributed by atoms with E-state index >= 15 is 0 Å². The van der Waals surface area contributed by atoms with Gasteiger partial charge < -0.3 is 9.11 Å². The molecule has 4 fully saturated rings. The molecule has 11 heteroatoms. The van der Waals surface area contributed by atoms with Gasteiger partial charge in [0.2, 0.25) is 0 Å². The first-order chi connectivity index (χ1) is 16.5. The van der Waals surface area contributed by atoms with Gasteiger partial charge >= 0.3 is 59.1 Å². The molecule has 0 aliphatic heterocycles. The van der Waals surface area contributed by atoms with Crippen LogP contribution in [-0.2, 0) is 25.0 Å². The molecule has 0 aromatic carbocycles. The molecule has 0 spiro atoms. The third kappa shape index (κ3) is 6.52. The molecule has 0 saturated heterocycles. The number of hydrogen-bond donors (Lipinski definition) is 0. The Morgan fingerprint density at radius 3 is 2.00 bits per heavy atom. The van der Waals surface area contributed by atoms with Gasteiger partial charge in [-0.15, -0.1) is 0 Å². The summed E-state index contributed by atoms with van der Waals surface area (Å²) in [5.74, 6) is 1.76. The minimum atomic E-state index is -5.02. The van der Waals surface area contributed by atoms with E-state index in [1.54, 1.807) is 0 Å². The van der Waals surface area contributed by atoms with Crippen molar-refractivity contribution >= 4 is 26.0 Å². The van der Waals surface area contributed by atoms with Gasteiger partial charge in [-0.05, 0) is 84.9 Å². The summed E-state index contributed by atoms with van der Waals surface area (Å²) in [7, 11) is -10.0. The van der Waals surface area contributed by atoms with Crippen LogP contribution in [0.1, 0.15) is 98.8 Å². The van der Waals surface area contributed by atoms with E-state index < -0.39 is 42.1 Å². The van der Waals surface area contributed by atoms with E-state index in [1.807, 2.05) is 6.92 Å². The number of fused-ring (bicyclic) bond motifs is 5. The number of hydrogen-bond acceptors (Lipinski definition) is 7. The topological polar surface area (TPSA) is 131 Å². The van der Waals surface area contributed by atoms with E-state index in [0.717, 1.165) is 25.7 Å². The van der Waals surface area contributed by atoms with Crippen LogP contribution in [0.5, 0.6) is 0 Å². The molecule has 4 aliphatic carbocycles. The predicted molar refractivity (Wildman–Crippen MR) is 136 cm³/mol. The summed E-state index contributed by atoms with van der Waals surface area (Å²) in [5, 5.41) is -3.62.